The lowest BCUT2D eigenvalue weighted by atomic mass is 9.98. The number of aromatic nitrogens is 1. The molecule has 0 atom stereocenters. The average molecular weight is 389 g/mol. The van der Waals surface area contributed by atoms with Crippen molar-refractivity contribution in [2.24, 2.45) is 0 Å². The van der Waals surface area contributed by atoms with Crippen LogP contribution in [0.25, 0.3) is 33.3 Å². The number of aliphatic hydroxyl groups is 2. The van der Waals surface area contributed by atoms with Gasteiger partial charge in [0, 0.05) is 16.5 Å². The Morgan fingerprint density at radius 2 is 1.21 bits per heavy atom. The van der Waals surface area contributed by atoms with Crippen molar-refractivity contribution in [3.63, 3.8) is 0 Å². The van der Waals surface area contributed by atoms with Gasteiger partial charge in [-0.2, -0.15) is 0 Å². The Morgan fingerprint density at radius 3 is 1.79 bits per heavy atom. The Balaban J connectivity index is 1.75. The second kappa shape index (κ2) is 8.82. The predicted octanol–water partition coefficient (Wildman–Crippen LogP) is 4.24. The summed E-state index contributed by atoms with van der Waals surface area (Å²) in [5, 5.41) is 19.0. The first kappa shape index (κ1) is 19.1. The van der Waals surface area contributed by atoms with E-state index >= 15 is 0 Å². The molecule has 0 aliphatic rings. The number of hydrogen-bond donors (Lipinski definition) is 3. The van der Waals surface area contributed by atoms with Crippen LogP contribution in [-0.4, -0.2) is 41.6 Å². The maximum Gasteiger partial charge on any atom is 0.119 e. The lowest BCUT2D eigenvalue weighted by Gasteiger charge is -2.09. The summed E-state index contributed by atoms with van der Waals surface area (Å²) in [5.41, 5.74) is 5.35. The molecule has 0 spiro atoms. The van der Waals surface area contributed by atoms with Crippen LogP contribution >= 0.6 is 0 Å². The van der Waals surface area contributed by atoms with E-state index in [0.29, 0.717) is 0 Å². The Bertz CT molecular complexity index is 1070. The van der Waals surface area contributed by atoms with E-state index in [4.69, 9.17) is 19.7 Å². The molecule has 1 aromatic heterocycles. The highest BCUT2D eigenvalue weighted by atomic mass is 16.5. The van der Waals surface area contributed by atoms with Crippen LogP contribution < -0.4 is 9.47 Å². The molecule has 0 aliphatic carbocycles. The zero-order chi connectivity index (χ0) is 20.1. The Labute approximate surface area is 169 Å². The molecule has 4 rings (SSSR count). The number of nitrogens with one attached hydrogen (secondary N) is 1. The van der Waals surface area contributed by atoms with E-state index in [1.165, 1.54) is 0 Å². The van der Waals surface area contributed by atoms with E-state index in [1.54, 1.807) is 0 Å². The third-order valence-electron chi connectivity index (χ3n) is 4.71. The minimum atomic E-state index is -0.00800. The molecule has 0 fully saturated rings. The molecular weight excluding hydrogens is 366 g/mol. The van der Waals surface area contributed by atoms with Crippen molar-refractivity contribution >= 4 is 10.9 Å². The Morgan fingerprint density at radius 1 is 0.655 bits per heavy atom. The van der Waals surface area contributed by atoms with E-state index in [-0.39, 0.29) is 26.4 Å². The topological polar surface area (TPSA) is 74.7 Å². The van der Waals surface area contributed by atoms with Crippen molar-refractivity contribution in [1.82, 2.24) is 4.98 Å². The standard InChI is InChI=1S/C24H23NO4/c26-13-15-28-19-9-5-17(6-10-19)23-21-3-1-2-4-22(21)25-24(23)18-7-11-20(12-8-18)29-16-14-27/h1-12,25-27H,13-16H2. The highest BCUT2D eigenvalue weighted by Crippen LogP contribution is 2.39. The minimum absolute atomic E-state index is 0.00758. The molecule has 1 heterocycles. The van der Waals surface area contributed by atoms with Crippen molar-refractivity contribution < 1.29 is 19.7 Å². The van der Waals surface area contributed by atoms with Gasteiger partial charge in [-0.1, -0.05) is 30.3 Å². The van der Waals surface area contributed by atoms with E-state index in [2.05, 4.69) is 17.1 Å². The number of aromatic amines is 1. The molecular formula is C24H23NO4. The van der Waals surface area contributed by atoms with Crippen molar-refractivity contribution in [2.75, 3.05) is 26.4 Å². The lowest BCUT2D eigenvalue weighted by Crippen LogP contribution is -2.01. The fourth-order valence-electron chi connectivity index (χ4n) is 3.42. The van der Waals surface area contributed by atoms with Gasteiger partial charge in [-0.05, 0) is 53.6 Å². The van der Waals surface area contributed by atoms with Crippen molar-refractivity contribution in [3.05, 3.63) is 72.8 Å². The molecule has 4 aromatic rings. The van der Waals surface area contributed by atoms with Gasteiger partial charge in [-0.25, -0.2) is 0 Å². The maximum absolute atomic E-state index is 8.93. The maximum atomic E-state index is 8.93. The summed E-state index contributed by atoms with van der Waals surface area (Å²) in [6.07, 6.45) is 0. The molecule has 0 radical (unpaired) electrons. The van der Waals surface area contributed by atoms with Crippen LogP contribution in [0.1, 0.15) is 0 Å². The number of ether oxygens (including phenoxy) is 2. The third-order valence-corrected chi connectivity index (χ3v) is 4.71. The summed E-state index contributed by atoms with van der Waals surface area (Å²) in [6.45, 7) is 0.544. The van der Waals surface area contributed by atoms with Crippen LogP contribution in [0.3, 0.4) is 0 Å². The molecule has 5 nitrogen and oxygen atoms in total. The van der Waals surface area contributed by atoms with E-state index in [0.717, 1.165) is 44.8 Å². The number of H-pyrrole nitrogens is 1. The van der Waals surface area contributed by atoms with Gasteiger partial charge in [-0.15, -0.1) is 0 Å². The predicted molar refractivity (Wildman–Crippen MR) is 114 cm³/mol. The molecule has 3 aromatic carbocycles. The van der Waals surface area contributed by atoms with Crippen LogP contribution in [-0.2, 0) is 0 Å². The summed E-state index contributed by atoms with van der Waals surface area (Å²) < 4.78 is 11.0. The fourth-order valence-corrected chi connectivity index (χ4v) is 3.42. The summed E-state index contributed by atoms with van der Waals surface area (Å²) in [4.78, 5) is 3.55. The Hall–Kier alpha value is -3.28. The fraction of sp³-hybridized carbons (Fsp3) is 0.167. The number of hydrogen-bond acceptors (Lipinski definition) is 4. The van der Waals surface area contributed by atoms with Crippen LogP contribution in [0.4, 0.5) is 0 Å². The van der Waals surface area contributed by atoms with Gasteiger partial charge in [0.25, 0.3) is 0 Å². The summed E-state index contributed by atoms with van der Waals surface area (Å²) >= 11 is 0. The van der Waals surface area contributed by atoms with Crippen molar-refractivity contribution in [1.29, 1.82) is 0 Å². The van der Waals surface area contributed by atoms with Crippen molar-refractivity contribution in [2.45, 2.75) is 0 Å². The van der Waals surface area contributed by atoms with Gasteiger partial charge in [0.05, 0.1) is 18.9 Å². The molecule has 0 saturated heterocycles. The number of fused-ring (bicyclic) bond motifs is 1. The second-order valence-electron chi connectivity index (χ2n) is 6.61. The first-order chi connectivity index (χ1) is 14.3. The van der Waals surface area contributed by atoms with Gasteiger partial charge < -0.3 is 24.7 Å². The molecule has 148 valence electrons. The highest BCUT2D eigenvalue weighted by molar-refractivity contribution is 6.03. The zero-order valence-electron chi connectivity index (χ0n) is 16.0. The largest absolute Gasteiger partial charge is 0.491 e. The summed E-state index contributed by atoms with van der Waals surface area (Å²) in [5.74, 6) is 1.46. The van der Waals surface area contributed by atoms with Crippen LogP contribution in [0.15, 0.2) is 72.8 Å². The zero-order valence-corrected chi connectivity index (χ0v) is 16.0. The molecule has 0 saturated carbocycles. The number of aliphatic hydroxyl groups excluding tert-OH is 2. The number of benzene rings is 3. The quantitative estimate of drug-likeness (QED) is 0.421. The SMILES string of the molecule is OCCOc1ccc(-c2[nH]c3ccccc3c2-c2ccc(OCCO)cc2)cc1. The molecule has 29 heavy (non-hydrogen) atoms. The molecule has 0 bridgehead atoms. The molecule has 0 aliphatic heterocycles. The van der Waals surface area contributed by atoms with Gasteiger partial charge >= 0.3 is 0 Å². The number of para-hydroxylation sites is 1. The van der Waals surface area contributed by atoms with Gasteiger partial charge in [0.1, 0.15) is 24.7 Å². The minimum Gasteiger partial charge on any atom is -0.491 e. The smallest absolute Gasteiger partial charge is 0.119 e. The van der Waals surface area contributed by atoms with Crippen molar-refractivity contribution in [3.8, 4) is 33.9 Å². The van der Waals surface area contributed by atoms with E-state index in [9.17, 15) is 0 Å². The highest BCUT2D eigenvalue weighted by Gasteiger charge is 2.15. The lowest BCUT2D eigenvalue weighted by molar-refractivity contribution is 0.201. The second-order valence-corrected chi connectivity index (χ2v) is 6.61. The van der Waals surface area contributed by atoms with E-state index in [1.807, 2.05) is 60.7 Å². The molecule has 0 amide bonds. The first-order valence-corrected chi connectivity index (χ1v) is 9.59. The first-order valence-electron chi connectivity index (χ1n) is 9.59. The van der Waals surface area contributed by atoms with Gasteiger partial charge in [0.2, 0.25) is 0 Å². The molecule has 5 heteroatoms. The number of rotatable bonds is 8. The van der Waals surface area contributed by atoms with Gasteiger partial charge in [-0.3, -0.25) is 0 Å². The average Bonchev–Trinajstić information content (AvgIpc) is 3.16. The summed E-state index contributed by atoms with van der Waals surface area (Å²) in [6, 6.07) is 24.0. The van der Waals surface area contributed by atoms with E-state index < -0.39 is 0 Å². The Kier molecular flexibility index (Phi) is 5.79. The monoisotopic (exact) mass is 389 g/mol. The van der Waals surface area contributed by atoms with Crippen LogP contribution in [0, 0.1) is 0 Å². The normalized spacial score (nSPS) is 11.0. The van der Waals surface area contributed by atoms with Crippen LogP contribution in [0.5, 0.6) is 11.5 Å². The van der Waals surface area contributed by atoms with Crippen LogP contribution in [0.2, 0.25) is 0 Å². The molecule has 3 N–H and O–H groups in total. The molecule has 0 unspecified atom stereocenters. The van der Waals surface area contributed by atoms with Gasteiger partial charge in [0.15, 0.2) is 0 Å². The summed E-state index contributed by atoms with van der Waals surface area (Å²) in [7, 11) is 0. The third kappa shape index (κ3) is 4.11.